The fourth-order valence-electron chi connectivity index (χ4n) is 3.06. The summed E-state index contributed by atoms with van der Waals surface area (Å²) in [6.45, 7) is 0.618. The number of benzene rings is 1. The summed E-state index contributed by atoms with van der Waals surface area (Å²) in [5.41, 5.74) is 1.70. The number of carboxylic acid groups (broad SMARTS) is 1. The van der Waals surface area contributed by atoms with Crippen LogP contribution in [0, 0.1) is 5.92 Å². The summed E-state index contributed by atoms with van der Waals surface area (Å²) in [6.07, 6.45) is 1.14. The van der Waals surface area contributed by atoms with Crippen molar-refractivity contribution in [1.82, 2.24) is 14.7 Å². The molecule has 0 bridgehead atoms. The van der Waals surface area contributed by atoms with Crippen LogP contribution in [-0.2, 0) is 23.2 Å². The summed E-state index contributed by atoms with van der Waals surface area (Å²) < 4.78 is 6.96. The second kappa shape index (κ2) is 6.74. The Balaban J connectivity index is 1.67. The molecule has 2 atom stereocenters. The Bertz CT molecular complexity index is 728. The molecular weight excluding hydrogens is 310 g/mol. The number of rotatable bonds is 4. The quantitative estimate of drug-likeness (QED) is 0.925. The van der Waals surface area contributed by atoms with Crippen molar-refractivity contribution in [3.05, 3.63) is 53.9 Å². The zero-order chi connectivity index (χ0) is 17.1. The summed E-state index contributed by atoms with van der Waals surface area (Å²) in [5, 5.41) is 13.6. The average molecular weight is 329 g/mol. The van der Waals surface area contributed by atoms with Gasteiger partial charge in [-0.3, -0.25) is 9.48 Å². The van der Waals surface area contributed by atoms with Gasteiger partial charge in [-0.2, -0.15) is 5.10 Å². The van der Waals surface area contributed by atoms with Gasteiger partial charge in [0.25, 0.3) is 0 Å². The molecule has 2 heterocycles. The van der Waals surface area contributed by atoms with Crippen LogP contribution >= 0.6 is 0 Å². The van der Waals surface area contributed by atoms with E-state index < -0.39 is 18.0 Å². The topological polar surface area (TPSA) is 84.7 Å². The number of aryl methyl sites for hydroxylation is 1. The van der Waals surface area contributed by atoms with Crippen molar-refractivity contribution < 1.29 is 19.4 Å². The largest absolute Gasteiger partial charge is 0.481 e. The second-order valence-electron chi connectivity index (χ2n) is 5.88. The SMILES string of the molecule is Cn1nccc1C1CN(C(=O)OCc2ccccc2)CC1C(=O)O. The van der Waals surface area contributed by atoms with Crippen LogP contribution in [0.15, 0.2) is 42.6 Å². The third kappa shape index (κ3) is 3.24. The number of carboxylic acids is 1. The Hall–Kier alpha value is -2.83. The third-order valence-electron chi connectivity index (χ3n) is 4.34. The first kappa shape index (κ1) is 16.0. The smallest absolute Gasteiger partial charge is 0.410 e. The Kier molecular flexibility index (Phi) is 4.50. The van der Waals surface area contributed by atoms with Crippen LogP contribution < -0.4 is 0 Å². The standard InChI is InChI=1S/C17H19N3O4/c1-19-15(7-8-18-19)13-9-20(10-14(13)16(21)22)17(23)24-11-12-5-3-2-4-6-12/h2-8,13-14H,9-11H2,1H3,(H,21,22). The van der Waals surface area contributed by atoms with Crippen molar-refractivity contribution in [2.24, 2.45) is 13.0 Å². The number of aliphatic carboxylic acids is 1. The van der Waals surface area contributed by atoms with Gasteiger partial charge < -0.3 is 14.7 Å². The van der Waals surface area contributed by atoms with Crippen molar-refractivity contribution in [3.8, 4) is 0 Å². The molecule has 7 nitrogen and oxygen atoms in total. The van der Waals surface area contributed by atoms with E-state index in [1.54, 1.807) is 24.0 Å². The van der Waals surface area contributed by atoms with E-state index in [-0.39, 0.29) is 19.1 Å². The van der Waals surface area contributed by atoms with Crippen LogP contribution in [-0.4, -0.2) is 44.9 Å². The number of carbonyl (C=O) groups excluding carboxylic acids is 1. The monoisotopic (exact) mass is 329 g/mol. The molecular formula is C17H19N3O4. The highest BCUT2D eigenvalue weighted by atomic mass is 16.6. The molecule has 0 saturated carbocycles. The molecule has 24 heavy (non-hydrogen) atoms. The molecule has 3 rings (SSSR count). The molecule has 0 radical (unpaired) electrons. The molecule has 126 valence electrons. The van der Waals surface area contributed by atoms with Gasteiger partial charge in [0.05, 0.1) is 5.92 Å². The number of carbonyl (C=O) groups is 2. The van der Waals surface area contributed by atoms with E-state index in [9.17, 15) is 14.7 Å². The lowest BCUT2D eigenvalue weighted by molar-refractivity contribution is -0.141. The van der Waals surface area contributed by atoms with Gasteiger partial charge in [-0.15, -0.1) is 0 Å². The minimum absolute atomic E-state index is 0.138. The normalized spacial score (nSPS) is 20.1. The lowest BCUT2D eigenvalue weighted by Gasteiger charge is -2.16. The molecule has 1 amide bonds. The number of hydrogen-bond acceptors (Lipinski definition) is 4. The third-order valence-corrected chi connectivity index (χ3v) is 4.34. The number of amides is 1. The Labute approximate surface area is 139 Å². The fraction of sp³-hybridized carbons (Fsp3) is 0.353. The zero-order valence-corrected chi connectivity index (χ0v) is 13.3. The van der Waals surface area contributed by atoms with E-state index in [1.807, 2.05) is 30.3 Å². The highest BCUT2D eigenvalue weighted by Gasteiger charge is 2.42. The van der Waals surface area contributed by atoms with Gasteiger partial charge in [-0.05, 0) is 11.6 Å². The van der Waals surface area contributed by atoms with Gasteiger partial charge in [0.15, 0.2) is 0 Å². The van der Waals surface area contributed by atoms with Crippen LogP contribution in [0.3, 0.4) is 0 Å². The predicted molar refractivity (Wildman–Crippen MR) is 85.3 cm³/mol. The number of ether oxygens (including phenoxy) is 1. The van der Waals surface area contributed by atoms with Gasteiger partial charge in [-0.1, -0.05) is 30.3 Å². The van der Waals surface area contributed by atoms with E-state index in [4.69, 9.17) is 4.74 Å². The van der Waals surface area contributed by atoms with E-state index in [0.29, 0.717) is 6.54 Å². The van der Waals surface area contributed by atoms with Crippen LogP contribution in [0.1, 0.15) is 17.2 Å². The van der Waals surface area contributed by atoms with Crippen LogP contribution in [0.4, 0.5) is 4.79 Å². The van der Waals surface area contributed by atoms with Crippen molar-refractivity contribution in [2.45, 2.75) is 12.5 Å². The molecule has 1 aliphatic rings. The number of nitrogens with zero attached hydrogens (tertiary/aromatic N) is 3. The summed E-state index contributed by atoms with van der Waals surface area (Å²) in [6, 6.07) is 11.2. The first-order chi connectivity index (χ1) is 11.6. The van der Waals surface area contributed by atoms with Gasteiger partial charge in [0.2, 0.25) is 0 Å². The molecule has 7 heteroatoms. The minimum Gasteiger partial charge on any atom is -0.481 e. The van der Waals surface area contributed by atoms with Gasteiger partial charge in [0.1, 0.15) is 6.61 Å². The number of likely N-dealkylation sites (tertiary alicyclic amines) is 1. The maximum atomic E-state index is 12.3. The summed E-state index contributed by atoms with van der Waals surface area (Å²) >= 11 is 0. The number of hydrogen-bond donors (Lipinski definition) is 1. The minimum atomic E-state index is -0.917. The summed E-state index contributed by atoms with van der Waals surface area (Å²) in [5.74, 6) is -1.87. The van der Waals surface area contributed by atoms with Gasteiger partial charge >= 0.3 is 12.1 Å². The molecule has 1 aromatic carbocycles. The Morgan fingerprint density at radius 2 is 2.00 bits per heavy atom. The maximum Gasteiger partial charge on any atom is 0.410 e. The lowest BCUT2D eigenvalue weighted by atomic mass is 9.93. The molecule has 1 fully saturated rings. The molecule has 0 aliphatic carbocycles. The highest BCUT2D eigenvalue weighted by molar-refractivity contribution is 5.75. The molecule has 1 saturated heterocycles. The van der Waals surface area contributed by atoms with Crippen molar-refractivity contribution >= 4 is 12.1 Å². The van der Waals surface area contributed by atoms with E-state index in [2.05, 4.69) is 5.10 Å². The molecule has 0 spiro atoms. The first-order valence-corrected chi connectivity index (χ1v) is 7.72. The van der Waals surface area contributed by atoms with E-state index in [1.165, 1.54) is 4.90 Å². The van der Waals surface area contributed by atoms with Crippen LogP contribution in [0.25, 0.3) is 0 Å². The maximum absolute atomic E-state index is 12.3. The predicted octanol–water partition coefficient (Wildman–Crippen LogP) is 1.86. The van der Waals surface area contributed by atoms with Gasteiger partial charge in [0, 0.05) is 37.9 Å². The van der Waals surface area contributed by atoms with Crippen LogP contribution in [0.2, 0.25) is 0 Å². The van der Waals surface area contributed by atoms with Crippen molar-refractivity contribution in [3.63, 3.8) is 0 Å². The zero-order valence-electron chi connectivity index (χ0n) is 13.3. The molecule has 2 unspecified atom stereocenters. The Morgan fingerprint density at radius 1 is 1.25 bits per heavy atom. The Morgan fingerprint density at radius 3 is 2.62 bits per heavy atom. The number of aromatic nitrogens is 2. The lowest BCUT2D eigenvalue weighted by Crippen LogP contribution is -2.30. The van der Waals surface area contributed by atoms with Gasteiger partial charge in [-0.25, -0.2) is 4.79 Å². The summed E-state index contributed by atoms with van der Waals surface area (Å²) in [4.78, 5) is 25.3. The highest BCUT2D eigenvalue weighted by Crippen LogP contribution is 2.33. The van der Waals surface area contributed by atoms with E-state index >= 15 is 0 Å². The summed E-state index contributed by atoms with van der Waals surface area (Å²) in [7, 11) is 1.77. The van der Waals surface area contributed by atoms with E-state index in [0.717, 1.165) is 11.3 Å². The molecule has 2 aromatic rings. The molecule has 1 N–H and O–H groups in total. The van der Waals surface area contributed by atoms with Crippen molar-refractivity contribution in [1.29, 1.82) is 0 Å². The first-order valence-electron chi connectivity index (χ1n) is 7.72. The van der Waals surface area contributed by atoms with Crippen molar-refractivity contribution in [2.75, 3.05) is 13.1 Å². The molecule has 1 aliphatic heterocycles. The molecule has 1 aromatic heterocycles. The van der Waals surface area contributed by atoms with Crippen LogP contribution in [0.5, 0.6) is 0 Å². The second-order valence-corrected chi connectivity index (χ2v) is 5.88. The fourth-order valence-corrected chi connectivity index (χ4v) is 3.06. The average Bonchev–Trinajstić information content (AvgIpc) is 3.19.